The zero-order valence-electron chi connectivity index (χ0n) is 18.4. The molecular weight excluding hydrogens is 416 g/mol. The summed E-state index contributed by atoms with van der Waals surface area (Å²) in [5.74, 6) is 0.385. The number of aryl methyl sites for hydroxylation is 1. The molecule has 1 N–H and O–H groups in total. The van der Waals surface area contributed by atoms with Gasteiger partial charge in [-0.1, -0.05) is 12.1 Å². The Kier molecular flexibility index (Phi) is 4.43. The van der Waals surface area contributed by atoms with E-state index in [4.69, 9.17) is 0 Å². The highest BCUT2D eigenvalue weighted by Crippen LogP contribution is 2.57. The number of anilines is 2. The van der Waals surface area contributed by atoms with Crippen LogP contribution in [0.3, 0.4) is 0 Å². The van der Waals surface area contributed by atoms with Crippen LogP contribution < -0.4 is 10.2 Å². The topological polar surface area (TPSA) is 91.3 Å². The lowest BCUT2D eigenvalue weighted by Gasteiger charge is -2.27. The summed E-state index contributed by atoms with van der Waals surface area (Å²) < 4.78 is 0. The van der Waals surface area contributed by atoms with Crippen LogP contribution in [0, 0.1) is 6.92 Å². The van der Waals surface area contributed by atoms with Crippen molar-refractivity contribution in [2.75, 3.05) is 31.1 Å². The van der Waals surface area contributed by atoms with Crippen LogP contribution in [0.2, 0.25) is 0 Å². The number of nitrogens with zero attached hydrogens (tertiary/aromatic N) is 5. The molecule has 1 saturated carbocycles. The maximum absolute atomic E-state index is 13.1. The minimum Gasteiger partial charge on any atom is -0.353 e. The van der Waals surface area contributed by atoms with Crippen LogP contribution in [0.5, 0.6) is 0 Å². The van der Waals surface area contributed by atoms with Crippen molar-refractivity contribution in [1.82, 2.24) is 25.2 Å². The Labute approximate surface area is 191 Å². The third-order valence-electron chi connectivity index (χ3n) is 6.81. The fraction of sp³-hybridized carbons (Fsp3) is 0.320. The number of nitrogens with one attached hydrogen (secondary N) is 1. The van der Waals surface area contributed by atoms with Crippen molar-refractivity contribution in [2.24, 2.45) is 0 Å². The first-order valence-electron chi connectivity index (χ1n) is 11.3. The molecule has 0 radical (unpaired) electrons. The van der Waals surface area contributed by atoms with Gasteiger partial charge in [-0.15, -0.1) is 0 Å². The number of hydrogen-bond donors (Lipinski definition) is 1. The van der Waals surface area contributed by atoms with Crippen molar-refractivity contribution < 1.29 is 9.59 Å². The first-order chi connectivity index (χ1) is 16.0. The van der Waals surface area contributed by atoms with Crippen LogP contribution in [0.25, 0.3) is 11.3 Å². The van der Waals surface area contributed by atoms with Crippen LogP contribution in [-0.4, -0.2) is 57.8 Å². The fourth-order valence-electron chi connectivity index (χ4n) is 4.86. The second-order valence-corrected chi connectivity index (χ2v) is 9.11. The summed E-state index contributed by atoms with van der Waals surface area (Å²) in [6.45, 7) is 3.88. The highest BCUT2D eigenvalue weighted by Gasteiger charge is 2.52. The second-order valence-electron chi connectivity index (χ2n) is 9.11. The van der Waals surface area contributed by atoms with E-state index in [0.29, 0.717) is 24.6 Å². The van der Waals surface area contributed by atoms with Crippen molar-refractivity contribution >= 4 is 23.5 Å². The van der Waals surface area contributed by atoms with Crippen molar-refractivity contribution in [3.8, 4) is 11.3 Å². The molecule has 2 aromatic heterocycles. The molecular formula is C25H24N6O2. The van der Waals surface area contributed by atoms with E-state index in [2.05, 4.69) is 31.2 Å². The lowest BCUT2D eigenvalue weighted by atomic mass is 9.97. The Morgan fingerprint density at radius 3 is 2.67 bits per heavy atom. The van der Waals surface area contributed by atoms with E-state index >= 15 is 0 Å². The molecule has 8 nitrogen and oxygen atoms in total. The van der Waals surface area contributed by atoms with Crippen LogP contribution in [-0.2, 0) is 10.2 Å². The number of amides is 2. The second kappa shape index (κ2) is 7.37. The average molecular weight is 441 g/mol. The van der Waals surface area contributed by atoms with E-state index in [9.17, 15) is 9.59 Å². The third kappa shape index (κ3) is 3.42. The summed E-state index contributed by atoms with van der Waals surface area (Å²) in [5, 5.41) is 2.76. The summed E-state index contributed by atoms with van der Waals surface area (Å²) in [4.78, 5) is 42.4. The number of carbonyl (C=O) groups is 2. The summed E-state index contributed by atoms with van der Waals surface area (Å²) >= 11 is 0. The van der Waals surface area contributed by atoms with E-state index in [0.717, 1.165) is 42.0 Å². The van der Waals surface area contributed by atoms with E-state index in [1.54, 1.807) is 4.90 Å². The van der Waals surface area contributed by atoms with Crippen LogP contribution >= 0.6 is 0 Å². The van der Waals surface area contributed by atoms with Gasteiger partial charge in [-0.25, -0.2) is 9.97 Å². The highest BCUT2D eigenvalue weighted by molar-refractivity contribution is 5.98. The summed E-state index contributed by atoms with van der Waals surface area (Å²) in [6, 6.07) is 11.8. The fourth-order valence-corrected chi connectivity index (χ4v) is 4.86. The smallest absolute Gasteiger partial charge is 0.254 e. The Balaban J connectivity index is 1.32. The summed E-state index contributed by atoms with van der Waals surface area (Å²) in [6.07, 6.45) is 5.87. The number of aromatic nitrogens is 3. The van der Waals surface area contributed by atoms with E-state index in [-0.39, 0.29) is 23.8 Å². The first-order valence-corrected chi connectivity index (χ1v) is 11.3. The zero-order valence-corrected chi connectivity index (χ0v) is 18.4. The quantitative estimate of drug-likeness (QED) is 0.673. The zero-order chi connectivity index (χ0) is 22.6. The number of rotatable bonds is 3. The Hall–Kier alpha value is -3.81. The van der Waals surface area contributed by atoms with Crippen LogP contribution in [0.1, 0.15) is 34.5 Å². The van der Waals surface area contributed by atoms with Crippen LogP contribution in [0.4, 0.5) is 11.6 Å². The predicted octanol–water partition coefficient (Wildman–Crippen LogP) is 2.60. The van der Waals surface area contributed by atoms with Gasteiger partial charge in [-0.05, 0) is 49.6 Å². The van der Waals surface area contributed by atoms with E-state index in [1.807, 2.05) is 49.6 Å². The van der Waals surface area contributed by atoms with Gasteiger partial charge in [-0.3, -0.25) is 14.6 Å². The van der Waals surface area contributed by atoms with Gasteiger partial charge in [0.05, 0.1) is 12.2 Å². The van der Waals surface area contributed by atoms with Gasteiger partial charge in [0.1, 0.15) is 0 Å². The molecule has 1 aliphatic carbocycles. The Morgan fingerprint density at radius 1 is 1.12 bits per heavy atom. The van der Waals surface area contributed by atoms with Crippen molar-refractivity contribution in [2.45, 2.75) is 25.2 Å². The molecule has 0 unspecified atom stereocenters. The van der Waals surface area contributed by atoms with Crippen molar-refractivity contribution in [3.05, 3.63) is 65.6 Å². The molecule has 166 valence electrons. The molecule has 0 bridgehead atoms. The maximum atomic E-state index is 13.1. The molecule has 3 aliphatic rings. The Bertz CT molecular complexity index is 1270. The van der Waals surface area contributed by atoms with Gasteiger partial charge < -0.3 is 15.1 Å². The monoisotopic (exact) mass is 440 g/mol. The number of fused-ring (bicyclic) bond motifs is 2. The van der Waals surface area contributed by atoms with Gasteiger partial charge in [0.25, 0.3) is 5.91 Å². The summed E-state index contributed by atoms with van der Waals surface area (Å²) in [5.41, 5.74) is 5.62. The molecule has 33 heavy (non-hydrogen) atoms. The van der Waals surface area contributed by atoms with Gasteiger partial charge in [0.2, 0.25) is 11.9 Å². The van der Waals surface area contributed by atoms with Crippen molar-refractivity contribution in [3.63, 3.8) is 0 Å². The van der Waals surface area contributed by atoms with Gasteiger partial charge in [-0.2, -0.15) is 0 Å². The molecule has 2 amide bonds. The van der Waals surface area contributed by atoms with Gasteiger partial charge in [0.15, 0.2) is 0 Å². The standard InChI is InChI=1S/C25H24N6O2/c1-16-3-2-4-20(29-16)18-12-27-24(28-13-18)31-15-25(7-8-25)19-6-5-17(11-21(19)31)23(33)30-10-9-26-22(32)14-30/h2-6,11-13H,7-10,14-15H2,1H3,(H,26,32). The van der Waals surface area contributed by atoms with Crippen LogP contribution in [0.15, 0.2) is 48.8 Å². The SMILES string of the molecule is Cc1cccc(-c2cnc(N3CC4(CC4)c4ccc(C(=O)N5CCNC(=O)C5)cc43)nc2)n1. The summed E-state index contributed by atoms with van der Waals surface area (Å²) in [7, 11) is 0. The van der Waals surface area contributed by atoms with E-state index < -0.39 is 0 Å². The number of hydrogen-bond acceptors (Lipinski definition) is 6. The van der Waals surface area contributed by atoms with Gasteiger partial charge in [0, 0.05) is 60.0 Å². The third-order valence-corrected chi connectivity index (χ3v) is 6.81. The minimum atomic E-state index is -0.120. The number of piperazine rings is 1. The average Bonchev–Trinajstić information content (AvgIpc) is 3.55. The predicted molar refractivity (Wildman–Crippen MR) is 123 cm³/mol. The molecule has 8 heteroatoms. The largest absolute Gasteiger partial charge is 0.353 e. The molecule has 1 saturated heterocycles. The Morgan fingerprint density at radius 2 is 1.94 bits per heavy atom. The normalized spacial score (nSPS) is 18.3. The molecule has 4 heterocycles. The molecule has 3 aromatic rings. The lowest BCUT2D eigenvalue weighted by molar-refractivity contribution is -0.123. The van der Waals surface area contributed by atoms with E-state index in [1.165, 1.54) is 5.56 Å². The molecule has 1 aromatic carbocycles. The number of pyridine rings is 1. The lowest BCUT2D eigenvalue weighted by Crippen LogP contribution is -2.49. The number of benzene rings is 1. The molecule has 1 spiro atoms. The maximum Gasteiger partial charge on any atom is 0.254 e. The minimum absolute atomic E-state index is 0.0984. The number of carbonyl (C=O) groups excluding carboxylic acids is 2. The molecule has 6 rings (SSSR count). The highest BCUT2D eigenvalue weighted by atomic mass is 16.2. The molecule has 2 aliphatic heterocycles. The van der Waals surface area contributed by atoms with Gasteiger partial charge >= 0.3 is 0 Å². The first kappa shape index (κ1) is 19.8. The van der Waals surface area contributed by atoms with Crippen molar-refractivity contribution in [1.29, 1.82) is 0 Å². The molecule has 2 fully saturated rings. The molecule has 0 atom stereocenters.